The third-order valence-corrected chi connectivity index (χ3v) is 3.70. The molecule has 0 aromatic heterocycles. The van der Waals surface area contributed by atoms with Crippen LogP contribution in [0.2, 0.25) is 0 Å². The maximum absolute atomic E-state index is 11.8. The molecule has 0 aromatic rings. The smallest absolute Gasteiger partial charge is 0.337 e. The van der Waals surface area contributed by atoms with Gasteiger partial charge in [-0.3, -0.25) is 0 Å². The number of carboxylic acids is 1. The molecule has 0 saturated carbocycles. The Morgan fingerprint density at radius 1 is 1.04 bits per heavy atom. The Labute approximate surface area is 146 Å². The van der Waals surface area contributed by atoms with Crippen molar-refractivity contribution in [2.75, 3.05) is 7.11 Å². The van der Waals surface area contributed by atoms with E-state index in [1.54, 1.807) is 7.11 Å². The van der Waals surface area contributed by atoms with Gasteiger partial charge in [0.1, 0.15) is 0 Å². The van der Waals surface area contributed by atoms with E-state index in [0.717, 1.165) is 22.5 Å². The van der Waals surface area contributed by atoms with E-state index in [1.807, 2.05) is 73.6 Å². The van der Waals surface area contributed by atoms with Gasteiger partial charge in [-0.2, -0.15) is 0 Å². The maximum Gasteiger partial charge on any atom is 0.337 e. The fourth-order valence-corrected chi connectivity index (χ4v) is 2.09. The Kier molecular flexibility index (Phi) is 8.76. The third kappa shape index (κ3) is 7.18. The van der Waals surface area contributed by atoms with E-state index in [1.165, 1.54) is 0 Å². The number of allylic oxidation sites excluding steroid dienone is 6. The lowest BCUT2D eigenvalue weighted by Gasteiger charge is -2.28. The molecule has 0 saturated heterocycles. The Morgan fingerprint density at radius 3 is 1.96 bits per heavy atom. The van der Waals surface area contributed by atoms with Crippen LogP contribution in [0.5, 0.6) is 0 Å². The number of methoxy groups -OCH3 is 1. The van der Waals surface area contributed by atoms with Gasteiger partial charge in [0.15, 0.2) is 6.10 Å². The summed E-state index contributed by atoms with van der Waals surface area (Å²) in [6, 6.07) is 0. The molecule has 0 bridgehead atoms. The number of ether oxygens (including phenoxy) is 2. The minimum absolute atomic E-state index is 0.563. The van der Waals surface area contributed by atoms with Crippen LogP contribution in [0.4, 0.5) is 0 Å². The average Bonchev–Trinajstić information content (AvgIpc) is 2.49. The number of rotatable bonds is 7. The first-order chi connectivity index (χ1) is 10.9. The van der Waals surface area contributed by atoms with E-state index in [4.69, 9.17) is 9.47 Å². The van der Waals surface area contributed by atoms with E-state index in [9.17, 15) is 9.90 Å². The van der Waals surface area contributed by atoms with Gasteiger partial charge in [-0.1, -0.05) is 12.2 Å². The summed E-state index contributed by atoms with van der Waals surface area (Å²) in [5.74, 6) is -0.205. The molecule has 0 aliphatic carbocycles. The van der Waals surface area contributed by atoms with Gasteiger partial charge >= 0.3 is 5.97 Å². The molecule has 0 radical (unpaired) electrons. The molecule has 0 aliphatic heterocycles. The molecule has 4 heteroatoms. The summed E-state index contributed by atoms with van der Waals surface area (Å²) in [7, 11) is 1.62. The molecular weight excluding hydrogens is 304 g/mol. The number of carboxylic acid groups (broad SMARTS) is 1. The Hall–Kier alpha value is -1.81. The van der Waals surface area contributed by atoms with Crippen LogP contribution in [0.1, 0.15) is 55.4 Å². The van der Waals surface area contributed by atoms with Gasteiger partial charge in [0.2, 0.25) is 0 Å². The van der Waals surface area contributed by atoms with Crippen molar-refractivity contribution in [3.63, 3.8) is 0 Å². The van der Waals surface area contributed by atoms with Gasteiger partial charge in [-0.15, -0.1) is 0 Å². The summed E-state index contributed by atoms with van der Waals surface area (Å²) in [6.07, 6.45) is 4.68. The predicted octanol–water partition coefficient (Wildman–Crippen LogP) is 5.03. The molecule has 0 heterocycles. The van der Waals surface area contributed by atoms with E-state index in [0.29, 0.717) is 5.57 Å². The first-order valence-electron chi connectivity index (χ1n) is 8.08. The molecule has 0 aliphatic rings. The van der Waals surface area contributed by atoms with Crippen molar-refractivity contribution in [2.45, 2.75) is 67.1 Å². The van der Waals surface area contributed by atoms with Gasteiger partial charge in [-0.25, -0.2) is 4.79 Å². The molecule has 1 atom stereocenters. The van der Waals surface area contributed by atoms with E-state index < -0.39 is 17.7 Å². The van der Waals surface area contributed by atoms with Crippen LogP contribution in [-0.2, 0) is 14.3 Å². The van der Waals surface area contributed by atoms with Crippen molar-refractivity contribution in [3.05, 3.63) is 46.3 Å². The summed E-state index contributed by atoms with van der Waals surface area (Å²) in [5.41, 5.74) is 2.88. The molecule has 24 heavy (non-hydrogen) atoms. The maximum atomic E-state index is 11.8. The quantitative estimate of drug-likeness (QED) is 0.523. The highest BCUT2D eigenvalue weighted by Crippen LogP contribution is 2.28. The summed E-state index contributed by atoms with van der Waals surface area (Å²) >= 11 is 0. The zero-order valence-electron chi connectivity index (χ0n) is 16.5. The van der Waals surface area contributed by atoms with Crippen molar-refractivity contribution in [1.82, 2.24) is 0 Å². The van der Waals surface area contributed by atoms with Gasteiger partial charge in [0, 0.05) is 0 Å². The van der Waals surface area contributed by atoms with Crippen LogP contribution in [0.3, 0.4) is 0 Å². The zero-order chi connectivity index (χ0) is 19.1. The van der Waals surface area contributed by atoms with Gasteiger partial charge in [0.25, 0.3) is 0 Å². The van der Waals surface area contributed by atoms with Crippen molar-refractivity contribution < 1.29 is 19.4 Å². The standard InChI is InChI=1S/C20H32O4/c1-10-13(2)17(18(19(21)22)24-20(6,7)8)16(5)14(3)11-12-15(4)23-9/h10-12,18H,1-9H3,(H,21,22). The lowest BCUT2D eigenvalue weighted by Crippen LogP contribution is -2.35. The van der Waals surface area contributed by atoms with Crippen molar-refractivity contribution >= 4 is 5.97 Å². The van der Waals surface area contributed by atoms with E-state index in [-0.39, 0.29) is 0 Å². The topological polar surface area (TPSA) is 55.8 Å². The van der Waals surface area contributed by atoms with Crippen LogP contribution >= 0.6 is 0 Å². The number of hydrogen-bond donors (Lipinski definition) is 1. The molecule has 0 rings (SSSR count). The lowest BCUT2D eigenvalue weighted by atomic mass is 9.91. The van der Waals surface area contributed by atoms with E-state index >= 15 is 0 Å². The van der Waals surface area contributed by atoms with Crippen LogP contribution in [-0.4, -0.2) is 29.9 Å². The summed E-state index contributed by atoms with van der Waals surface area (Å²) in [6.45, 7) is 15.1. The molecule has 0 fully saturated rings. The summed E-state index contributed by atoms with van der Waals surface area (Å²) in [5, 5.41) is 9.70. The Morgan fingerprint density at radius 2 is 1.58 bits per heavy atom. The van der Waals surface area contributed by atoms with Crippen LogP contribution < -0.4 is 0 Å². The highest BCUT2D eigenvalue weighted by Gasteiger charge is 2.30. The Bertz CT molecular complexity index is 569. The first-order valence-corrected chi connectivity index (χ1v) is 8.08. The number of carbonyl (C=O) groups is 1. The van der Waals surface area contributed by atoms with E-state index in [2.05, 4.69) is 0 Å². The molecule has 0 amide bonds. The number of aliphatic carboxylic acids is 1. The lowest BCUT2D eigenvalue weighted by molar-refractivity contribution is -0.155. The molecule has 136 valence electrons. The summed E-state index contributed by atoms with van der Waals surface area (Å²) in [4.78, 5) is 11.8. The van der Waals surface area contributed by atoms with Crippen molar-refractivity contribution in [1.29, 1.82) is 0 Å². The zero-order valence-corrected chi connectivity index (χ0v) is 16.5. The monoisotopic (exact) mass is 336 g/mol. The molecule has 4 nitrogen and oxygen atoms in total. The van der Waals surface area contributed by atoms with Crippen LogP contribution in [0, 0.1) is 0 Å². The number of hydrogen-bond acceptors (Lipinski definition) is 3. The van der Waals surface area contributed by atoms with Gasteiger partial charge in [0.05, 0.1) is 18.5 Å². The van der Waals surface area contributed by atoms with Crippen molar-refractivity contribution in [2.24, 2.45) is 0 Å². The largest absolute Gasteiger partial charge is 0.501 e. The molecule has 1 unspecified atom stereocenters. The van der Waals surface area contributed by atoms with Gasteiger partial charge < -0.3 is 14.6 Å². The minimum atomic E-state index is -1.02. The van der Waals surface area contributed by atoms with Crippen LogP contribution in [0.15, 0.2) is 46.3 Å². The second-order valence-electron chi connectivity index (χ2n) is 6.79. The molecule has 1 N–H and O–H groups in total. The molecular formula is C20H32O4. The van der Waals surface area contributed by atoms with Crippen molar-refractivity contribution in [3.8, 4) is 0 Å². The normalized spacial score (nSPS) is 16.6. The molecule has 0 aromatic carbocycles. The predicted molar refractivity (Wildman–Crippen MR) is 98.9 cm³/mol. The van der Waals surface area contributed by atoms with Gasteiger partial charge in [-0.05, 0) is 83.8 Å². The van der Waals surface area contributed by atoms with Crippen LogP contribution in [0.25, 0.3) is 0 Å². The fraction of sp³-hybridized carbons (Fsp3) is 0.550. The highest BCUT2D eigenvalue weighted by atomic mass is 16.5. The second kappa shape index (κ2) is 9.48. The third-order valence-electron chi connectivity index (χ3n) is 3.70. The summed E-state index contributed by atoms with van der Waals surface area (Å²) < 4.78 is 11.0. The highest BCUT2D eigenvalue weighted by molar-refractivity contribution is 5.79. The average molecular weight is 336 g/mol. The minimum Gasteiger partial charge on any atom is -0.501 e. The SMILES string of the molecule is CC=C(C)C(=C(C)C(C)=CC=C(C)OC)C(OC(C)(C)C)C(=O)O. The molecule has 0 spiro atoms. The first kappa shape index (κ1) is 22.2. The fourth-order valence-electron chi connectivity index (χ4n) is 2.09. The Balaban J connectivity index is 6.19. The second-order valence-corrected chi connectivity index (χ2v) is 6.79.